The Morgan fingerprint density at radius 3 is 2.51 bits per heavy atom. The maximum atomic E-state index is 13.4. The zero-order chi connectivity index (χ0) is 24.4. The van der Waals surface area contributed by atoms with Gasteiger partial charge in [-0.1, -0.05) is 0 Å². The molecule has 12 heteroatoms. The third kappa shape index (κ3) is 5.02. The van der Waals surface area contributed by atoms with E-state index in [0.717, 1.165) is 38.2 Å². The number of rotatable bonds is 6. The number of nitrogens with one attached hydrogen (secondary N) is 1. The Kier molecular flexibility index (Phi) is 6.20. The summed E-state index contributed by atoms with van der Waals surface area (Å²) in [4.78, 5) is 27.9. The normalized spacial score (nSPS) is 14.5. The SMILES string of the molecule is FCc1cncnc1-c1cnc2c(Nc3ccc(C(F)(F)F)cn3)cc(CN3CCCC3)nc2n1. The molecule has 5 heterocycles. The highest BCUT2D eigenvalue weighted by atomic mass is 19.4. The maximum absolute atomic E-state index is 13.4. The predicted octanol–water partition coefficient (Wildman–Crippen LogP) is 4.70. The van der Waals surface area contributed by atoms with Crippen LogP contribution in [0.3, 0.4) is 0 Å². The summed E-state index contributed by atoms with van der Waals surface area (Å²) in [5.41, 5.74) is 2.03. The standard InChI is InChI=1S/C23H20F4N8/c24-8-14-9-28-13-31-20(14)18-11-30-21-17(33-19-4-3-15(10-29-19)23(25,26)27)7-16(32-22(21)34-18)12-35-5-1-2-6-35/h3-4,7,9-11,13H,1-2,5-6,8,12H2,(H,29,32,33,34). The van der Waals surface area contributed by atoms with Crippen molar-refractivity contribution in [2.45, 2.75) is 32.2 Å². The Morgan fingerprint density at radius 2 is 1.80 bits per heavy atom. The average molecular weight is 484 g/mol. The number of halogens is 4. The van der Waals surface area contributed by atoms with Gasteiger partial charge < -0.3 is 5.32 Å². The molecular weight excluding hydrogens is 464 g/mol. The Morgan fingerprint density at radius 1 is 0.971 bits per heavy atom. The van der Waals surface area contributed by atoms with Gasteiger partial charge in [0.1, 0.15) is 30.0 Å². The third-order valence-electron chi connectivity index (χ3n) is 5.68. The first-order valence-corrected chi connectivity index (χ1v) is 11.0. The molecule has 1 saturated heterocycles. The van der Waals surface area contributed by atoms with Crippen molar-refractivity contribution in [3.63, 3.8) is 0 Å². The second kappa shape index (κ2) is 9.45. The Hall–Kier alpha value is -3.80. The number of likely N-dealkylation sites (tertiary alicyclic amines) is 1. The minimum absolute atomic E-state index is 0.221. The molecule has 35 heavy (non-hydrogen) atoms. The molecule has 1 aliphatic heterocycles. The number of fused-ring (bicyclic) bond motifs is 1. The topological polar surface area (TPSA) is 92.6 Å². The molecule has 0 radical (unpaired) electrons. The van der Waals surface area contributed by atoms with Gasteiger partial charge in [-0.05, 0) is 44.1 Å². The van der Waals surface area contributed by atoms with E-state index in [9.17, 15) is 17.6 Å². The summed E-state index contributed by atoms with van der Waals surface area (Å²) in [6.45, 7) is 1.73. The van der Waals surface area contributed by atoms with Crippen molar-refractivity contribution in [2.75, 3.05) is 18.4 Å². The molecule has 0 saturated carbocycles. The molecule has 0 unspecified atom stereocenters. The van der Waals surface area contributed by atoms with Crippen LogP contribution in [-0.4, -0.2) is 47.9 Å². The van der Waals surface area contributed by atoms with Crippen molar-refractivity contribution in [1.82, 2.24) is 34.8 Å². The molecule has 0 spiro atoms. The van der Waals surface area contributed by atoms with Gasteiger partial charge in [-0.15, -0.1) is 0 Å². The highest BCUT2D eigenvalue weighted by molar-refractivity contribution is 5.88. The van der Waals surface area contributed by atoms with E-state index in [2.05, 4.69) is 40.1 Å². The second-order valence-electron chi connectivity index (χ2n) is 8.16. The summed E-state index contributed by atoms with van der Waals surface area (Å²) in [5.74, 6) is 0.221. The number of nitrogens with zero attached hydrogens (tertiary/aromatic N) is 7. The third-order valence-corrected chi connectivity index (χ3v) is 5.68. The second-order valence-corrected chi connectivity index (χ2v) is 8.16. The van der Waals surface area contributed by atoms with Gasteiger partial charge in [0.2, 0.25) is 0 Å². The fraction of sp³-hybridized carbons (Fsp3) is 0.304. The predicted molar refractivity (Wildman–Crippen MR) is 120 cm³/mol. The minimum atomic E-state index is -4.47. The molecule has 180 valence electrons. The Balaban J connectivity index is 1.55. The number of pyridine rings is 2. The van der Waals surface area contributed by atoms with Crippen LogP contribution in [0, 0.1) is 0 Å². The zero-order valence-electron chi connectivity index (χ0n) is 18.4. The lowest BCUT2D eigenvalue weighted by atomic mass is 10.2. The molecule has 8 nitrogen and oxygen atoms in total. The lowest BCUT2D eigenvalue weighted by molar-refractivity contribution is -0.137. The van der Waals surface area contributed by atoms with Crippen LogP contribution in [0.15, 0.2) is 43.1 Å². The van der Waals surface area contributed by atoms with Gasteiger partial charge in [0.05, 0.1) is 28.8 Å². The van der Waals surface area contributed by atoms with E-state index in [1.54, 1.807) is 6.07 Å². The van der Waals surface area contributed by atoms with Crippen LogP contribution in [0.5, 0.6) is 0 Å². The van der Waals surface area contributed by atoms with Crippen LogP contribution in [0.1, 0.15) is 29.7 Å². The molecule has 4 aromatic rings. The van der Waals surface area contributed by atoms with E-state index in [4.69, 9.17) is 0 Å². The molecule has 1 aliphatic rings. The molecule has 4 aromatic heterocycles. The largest absolute Gasteiger partial charge is 0.417 e. The van der Waals surface area contributed by atoms with Crippen LogP contribution < -0.4 is 5.32 Å². The van der Waals surface area contributed by atoms with Crippen molar-refractivity contribution in [3.05, 3.63) is 59.9 Å². The van der Waals surface area contributed by atoms with E-state index in [0.29, 0.717) is 40.5 Å². The molecule has 0 bridgehead atoms. The number of anilines is 2. The van der Waals surface area contributed by atoms with E-state index >= 15 is 0 Å². The van der Waals surface area contributed by atoms with Gasteiger partial charge in [-0.3, -0.25) is 4.90 Å². The molecule has 1 N–H and O–H groups in total. The summed E-state index contributed by atoms with van der Waals surface area (Å²) >= 11 is 0. The van der Waals surface area contributed by atoms with E-state index in [1.165, 1.54) is 24.8 Å². The number of hydrogen-bond donors (Lipinski definition) is 1. The Labute approximate surface area is 197 Å². The van der Waals surface area contributed by atoms with Crippen molar-refractivity contribution in [1.29, 1.82) is 0 Å². The van der Waals surface area contributed by atoms with Gasteiger partial charge in [0.15, 0.2) is 5.65 Å². The van der Waals surface area contributed by atoms with Crippen molar-refractivity contribution >= 4 is 22.7 Å². The first kappa shape index (κ1) is 23.0. The van der Waals surface area contributed by atoms with Crippen LogP contribution in [0.4, 0.5) is 29.1 Å². The number of hydrogen-bond acceptors (Lipinski definition) is 8. The quantitative estimate of drug-likeness (QED) is 0.394. The molecule has 1 fully saturated rings. The summed E-state index contributed by atoms with van der Waals surface area (Å²) in [7, 11) is 0. The number of alkyl halides is 4. The van der Waals surface area contributed by atoms with Crippen LogP contribution in [0.25, 0.3) is 22.6 Å². The fourth-order valence-electron chi connectivity index (χ4n) is 3.97. The first-order valence-electron chi connectivity index (χ1n) is 11.0. The van der Waals surface area contributed by atoms with Gasteiger partial charge in [0.25, 0.3) is 0 Å². The van der Waals surface area contributed by atoms with Gasteiger partial charge in [-0.25, -0.2) is 34.3 Å². The Bertz CT molecular complexity index is 1340. The molecule has 0 aliphatic carbocycles. The van der Waals surface area contributed by atoms with Crippen LogP contribution in [-0.2, 0) is 19.4 Å². The zero-order valence-corrected chi connectivity index (χ0v) is 18.4. The minimum Gasteiger partial charge on any atom is -0.338 e. The van der Waals surface area contributed by atoms with Gasteiger partial charge in [0, 0.05) is 24.5 Å². The van der Waals surface area contributed by atoms with Crippen LogP contribution in [0.2, 0.25) is 0 Å². The summed E-state index contributed by atoms with van der Waals surface area (Å²) < 4.78 is 52.2. The highest BCUT2D eigenvalue weighted by Crippen LogP contribution is 2.31. The molecule has 0 atom stereocenters. The summed E-state index contributed by atoms with van der Waals surface area (Å²) in [6, 6.07) is 4.01. The highest BCUT2D eigenvalue weighted by Gasteiger charge is 2.30. The van der Waals surface area contributed by atoms with Crippen LogP contribution >= 0.6 is 0 Å². The van der Waals surface area contributed by atoms with E-state index in [1.807, 2.05) is 0 Å². The first-order chi connectivity index (χ1) is 16.9. The molecule has 0 amide bonds. The monoisotopic (exact) mass is 484 g/mol. The smallest absolute Gasteiger partial charge is 0.338 e. The molecule has 5 rings (SSSR count). The molecule has 0 aromatic carbocycles. The fourth-order valence-corrected chi connectivity index (χ4v) is 3.97. The lowest BCUT2D eigenvalue weighted by Gasteiger charge is -2.16. The maximum Gasteiger partial charge on any atom is 0.417 e. The summed E-state index contributed by atoms with van der Waals surface area (Å²) in [6.07, 6.45) is 2.66. The van der Waals surface area contributed by atoms with Crippen molar-refractivity contribution < 1.29 is 17.6 Å². The van der Waals surface area contributed by atoms with Gasteiger partial charge >= 0.3 is 6.18 Å². The van der Waals surface area contributed by atoms with Gasteiger partial charge in [-0.2, -0.15) is 13.2 Å². The molecular formula is C23H20F4N8. The van der Waals surface area contributed by atoms with Crippen molar-refractivity contribution in [2.24, 2.45) is 0 Å². The number of aromatic nitrogens is 6. The van der Waals surface area contributed by atoms with E-state index < -0.39 is 18.4 Å². The van der Waals surface area contributed by atoms with Crippen molar-refractivity contribution in [3.8, 4) is 11.4 Å². The average Bonchev–Trinajstić information content (AvgIpc) is 3.36. The van der Waals surface area contributed by atoms with E-state index in [-0.39, 0.29) is 11.4 Å². The lowest BCUT2D eigenvalue weighted by Crippen LogP contribution is -2.19. The summed E-state index contributed by atoms with van der Waals surface area (Å²) in [5, 5.41) is 3.05.